The number of aliphatic imine (C=N–C) groups is 1. The predicted octanol–water partition coefficient (Wildman–Crippen LogP) is 4.69. The van der Waals surface area contributed by atoms with E-state index in [1.54, 1.807) is 37.4 Å². The van der Waals surface area contributed by atoms with E-state index in [0.29, 0.717) is 24.9 Å². The summed E-state index contributed by atoms with van der Waals surface area (Å²) in [5.74, 6) is -1.13. The quantitative estimate of drug-likeness (QED) is 0.421. The Bertz CT molecular complexity index is 1010. The van der Waals surface area contributed by atoms with E-state index in [1.165, 1.54) is 28.8 Å². The van der Waals surface area contributed by atoms with Crippen molar-refractivity contribution in [2.24, 2.45) is 4.99 Å². The minimum Gasteiger partial charge on any atom is -0.506 e. The Labute approximate surface area is 181 Å². The molecule has 3 rings (SSSR count). The number of phenolic OH excluding ortho intramolecular Hbond substituents is 1. The van der Waals surface area contributed by atoms with Crippen LogP contribution >= 0.6 is 50.3 Å². The fourth-order valence-corrected chi connectivity index (χ4v) is 4.81. The highest BCUT2D eigenvalue weighted by molar-refractivity contribution is 14.1. The first-order valence-corrected chi connectivity index (χ1v) is 10.2. The van der Waals surface area contributed by atoms with Gasteiger partial charge in [0.15, 0.2) is 5.17 Å². The number of carboxylic acids is 1. The number of thioether (sulfide) groups is 1. The number of aromatic carboxylic acids is 1. The van der Waals surface area contributed by atoms with E-state index < -0.39 is 5.97 Å². The lowest BCUT2D eigenvalue weighted by Crippen LogP contribution is -2.23. The third-order valence-electron chi connectivity index (χ3n) is 3.69. The second kappa shape index (κ2) is 8.03. The number of carbonyl (C=O) groups excluding carboxylic acids is 1. The first-order valence-electron chi connectivity index (χ1n) is 7.54. The van der Waals surface area contributed by atoms with E-state index in [4.69, 9.17) is 5.11 Å². The van der Waals surface area contributed by atoms with Crippen molar-refractivity contribution in [1.29, 1.82) is 0 Å². The molecule has 2 N–H and O–H groups in total. The minimum atomic E-state index is -1.01. The van der Waals surface area contributed by atoms with Crippen LogP contribution in [-0.2, 0) is 4.79 Å². The summed E-state index contributed by atoms with van der Waals surface area (Å²) in [6.45, 7) is 0. The SMILES string of the molecule is CN1C(=O)/C(=C/c2cc(Br)cc(I)c2O)SC1=Nc1ccc(C(=O)O)cc1. The number of amides is 1. The number of rotatable bonds is 3. The molecule has 0 aromatic heterocycles. The van der Waals surface area contributed by atoms with E-state index in [1.807, 2.05) is 22.6 Å². The standard InChI is InChI=1S/C18H12BrIN2O4S/c1-22-16(24)14(7-10-6-11(19)8-13(20)15(10)23)27-18(22)21-12-4-2-9(3-5-12)17(25)26/h2-8,23H,1H3,(H,25,26)/b14-7-,21-18?. The van der Waals surface area contributed by atoms with Gasteiger partial charge >= 0.3 is 5.97 Å². The molecule has 2 aromatic rings. The zero-order valence-corrected chi connectivity index (χ0v) is 18.4. The second-order valence-corrected chi connectivity index (χ2v) is 8.63. The summed E-state index contributed by atoms with van der Waals surface area (Å²) in [4.78, 5) is 29.7. The van der Waals surface area contributed by atoms with Crippen molar-refractivity contribution in [3.05, 3.63) is 60.5 Å². The van der Waals surface area contributed by atoms with Crippen LogP contribution in [0, 0.1) is 3.57 Å². The molecule has 0 bridgehead atoms. The Morgan fingerprint density at radius 1 is 1.30 bits per heavy atom. The normalized spacial score (nSPS) is 17.1. The molecule has 1 saturated heterocycles. The van der Waals surface area contributed by atoms with Gasteiger partial charge in [0.2, 0.25) is 0 Å². The van der Waals surface area contributed by atoms with Gasteiger partial charge in [-0.1, -0.05) is 15.9 Å². The number of nitrogens with zero attached hydrogens (tertiary/aromatic N) is 2. The molecular formula is C18H12BrIN2O4S. The number of likely N-dealkylation sites (N-methyl/N-ethyl adjacent to an activating group) is 1. The fraction of sp³-hybridized carbons (Fsp3) is 0.0556. The van der Waals surface area contributed by atoms with Crippen LogP contribution in [-0.4, -0.2) is 39.2 Å². The maximum Gasteiger partial charge on any atom is 0.335 e. The van der Waals surface area contributed by atoms with Crippen LogP contribution in [0.15, 0.2) is 50.8 Å². The lowest BCUT2D eigenvalue weighted by atomic mass is 10.2. The number of halogens is 2. The lowest BCUT2D eigenvalue weighted by Gasteiger charge is -2.07. The third-order valence-corrected chi connectivity index (χ3v) is 6.03. The maximum atomic E-state index is 12.5. The van der Waals surface area contributed by atoms with Crippen LogP contribution in [0.3, 0.4) is 0 Å². The molecule has 1 heterocycles. The van der Waals surface area contributed by atoms with Crippen LogP contribution in [0.25, 0.3) is 6.08 Å². The molecule has 27 heavy (non-hydrogen) atoms. The Morgan fingerprint density at radius 3 is 2.59 bits per heavy atom. The zero-order valence-electron chi connectivity index (χ0n) is 13.8. The molecule has 1 aliphatic rings. The van der Waals surface area contributed by atoms with Gasteiger partial charge in [-0.3, -0.25) is 9.69 Å². The molecule has 1 fully saturated rings. The van der Waals surface area contributed by atoms with E-state index in [-0.39, 0.29) is 17.2 Å². The monoisotopic (exact) mass is 558 g/mol. The smallest absolute Gasteiger partial charge is 0.335 e. The van der Waals surface area contributed by atoms with Gasteiger partial charge in [-0.2, -0.15) is 0 Å². The molecule has 9 heteroatoms. The summed E-state index contributed by atoms with van der Waals surface area (Å²) in [6.07, 6.45) is 1.63. The predicted molar refractivity (Wildman–Crippen MR) is 117 cm³/mol. The first-order chi connectivity index (χ1) is 12.8. The van der Waals surface area contributed by atoms with Crippen molar-refractivity contribution < 1.29 is 19.8 Å². The van der Waals surface area contributed by atoms with Gasteiger partial charge in [-0.05, 0) is 76.8 Å². The number of hydrogen-bond acceptors (Lipinski definition) is 5. The summed E-state index contributed by atoms with van der Waals surface area (Å²) in [6, 6.07) is 9.60. The largest absolute Gasteiger partial charge is 0.506 e. The maximum absolute atomic E-state index is 12.5. The van der Waals surface area contributed by atoms with Crippen molar-refractivity contribution >= 4 is 79.1 Å². The van der Waals surface area contributed by atoms with E-state index in [9.17, 15) is 14.7 Å². The Morgan fingerprint density at radius 2 is 1.96 bits per heavy atom. The van der Waals surface area contributed by atoms with Crippen molar-refractivity contribution in [1.82, 2.24) is 4.90 Å². The van der Waals surface area contributed by atoms with Gasteiger partial charge in [0.05, 0.1) is 19.7 Å². The molecule has 0 atom stereocenters. The molecule has 138 valence electrons. The average Bonchev–Trinajstić information content (AvgIpc) is 2.87. The number of carboxylic acid groups (broad SMARTS) is 1. The number of benzene rings is 2. The van der Waals surface area contributed by atoms with E-state index >= 15 is 0 Å². The minimum absolute atomic E-state index is 0.108. The van der Waals surface area contributed by atoms with Crippen LogP contribution < -0.4 is 0 Å². The number of aromatic hydroxyl groups is 1. The summed E-state index contributed by atoms with van der Waals surface area (Å²) < 4.78 is 1.47. The van der Waals surface area contributed by atoms with Crippen LogP contribution in [0.5, 0.6) is 5.75 Å². The molecule has 0 spiro atoms. The molecular weight excluding hydrogens is 547 g/mol. The Hall–Kier alpha value is -1.85. The number of amidine groups is 1. The molecule has 0 aliphatic carbocycles. The second-order valence-electron chi connectivity index (χ2n) is 5.55. The first kappa shape index (κ1) is 19.9. The van der Waals surface area contributed by atoms with Crippen molar-refractivity contribution in [3.8, 4) is 5.75 Å². The average molecular weight is 559 g/mol. The van der Waals surface area contributed by atoms with Crippen molar-refractivity contribution in [3.63, 3.8) is 0 Å². The molecule has 6 nitrogen and oxygen atoms in total. The summed E-state index contributed by atoms with van der Waals surface area (Å²) in [5, 5.41) is 19.6. The molecule has 0 saturated carbocycles. The van der Waals surface area contributed by atoms with Crippen molar-refractivity contribution in [2.75, 3.05) is 7.05 Å². The van der Waals surface area contributed by atoms with Gasteiger partial charge in [-0.15, -0.1) is 0 Å². The van der Waals surface area contributed by atoms with E-state index in [0.717, 1.165) is 4.47 Å². The van der Waals surface area contributed by atoms with Gasteiger partial charge in [-0.25, -0.2) is 9.79 Å². The Kier molecular flexibility index (Phi) is 5.92. The lowest BCUT2D eigenvalue weighted by molar-refractivity contribution is -0.121. The number of carbonyl (C=O) groups is 2. The topological polar surface area (TPSA) is 90.2 Å². The fourth-order valence-electron chi connectivity index (χ4n) is 2.28. The van der Waals surface area contributed by atoms with Gasteiger partial charge in [0.25, 0.3) is 5.91 Å². The van der Waals surface area contributed by atoms with Crippen LogP contribution in [0.1, 0.15) is 15.9 Å². The number of phenols is 1. The van der Waals surface area contributed by atoms with Crippen molar-refractivity contribution in [2.45, 2.75) is 0 Å². The summed E-state index contributed by atoms with van der Waals surface area (Å²) in [7, 11) is 1.62. The van der Waals surface area contributed by atoms with E-state index in [2.05, 4.69) is 20.9 Å². The molecule has 1 amide bonds. The summed E-state index contributed by atoms with van der Waals surface area (Å²) >= 11 is 6.59. The Balaban J connectivity index is 1.92. The third kappa shape index (κ3) is 4.36. The van der Waals surface area contributed by atoms with Crippen LogP contribution in [0.4, 0.5) is 5.69 Å². The molecule has 0 radical (unpaired) electrons. The van der Waals surface area contributed by atoms with Crippen LogP contribution in [0.2, 0.25) is 0 Å². The number of hydrogen-bond donors (Lipinski definition) is 2. The zero-order chi connectivity index (χ0) is 19.7. The highest BCUT2D eigenvalue weighted by Gasteiger charge is 2.30. The van der Waals surface area contributed by atoms with Gasteiger partial charge in [0.1, 0.15) is 5.75 Å². The molecule has 2 aromatic carbocycles. The molecule has 0 unspecified atom stereocenters. The van der Waals surface area contributed by atoms with Gasteiger partial charge in [0, 0.05) is 17.1 Å². The molecule has 1 aliphatic heterocycles. The highest BCUT2D eigenvalue weighted by Crippen LogP contribution is 2.36. The highest BCUT2D eigenvalue weighted by atomic mass is 127. The van der Waals surface area contributed by atoms with Gasteiger partial charge < -0.3 is 10.2 Å². The summed E-state index contributed by atoms with van der Waals surface area (Å²) in [5.41, 5.74) is 1.25.